The minimum absolute atomic E-state index is 0.278. The van der Waals surface area contributed by atoms with Crippen molar-refractivity contribution < 1.29 is 4.74 Å². The smallest absolute Gasteiger partial charge is 0.161 e. The second-order valence-electron chi connectivity index (χ2n) is 4.95. The highest BCUT2D eigenvalue weighted by atomic mass is 35.5. The van der Waals surface area contributed by atoms with Gasteiger partial charge in [-0.25, -0.2) is 4.98 Å². The summed E-state index contributed by atoms with van der Waals surface area (Å²) in [4.78, 5) is 4.80. The van der Waals surface area contributed by atoms with Crippen molar-refractivity contribution in [3.63, 3.8) is 0 Å². The molecule has 0 unspecified atom stereocenters. The minimum atomic E-state index is -0.330. The highest BCUT2D eigenvalue weighted by Crippen LogP contribution is 2.36. The Kier molecular flexibility index (Phi) is 6.02. The maximum Gasteiger partial charge on any atom is 0.161 e. The molecule has 0 spiro atoms. The molecule has 2 heterocycles. The van der Waals surface area contributed by atoms with E-state index in [1.165, 1.54) is 11.5 Å². The van der Waals surface area contributed by atoms with Crippen LogP contribution in [0.25, 0.3) is 0 Å². The van der Waals surface area contributed by atoms with Gasteiger partial charge in [-0.2, -0.15) is 4.37 Å². The lowest BCUT2D eigenvalue weighted by Gasteiger charge is -2.18. The molecule has 2 aromatic heterocycles. The third-order valence-corrected chi connectivity index (χ3v) is 5.79. The SMILES string of the molecule is Clc1ccc(CO[C@@H](Cn2ccnc2)c2snc(Cl)c2Cl)c(Cl)c1. The Labute approximate surface area is 163 Å². The maximum atomic E-state index is 6.25. The molecule has 0 aliphatic heterocycles. The molecule has 4 nitrogen and oxygen atoms in total. The van der Waals surface area contributed by atoms with Crippen LogP contribution >= 0.6 is 57.9 Å². The molecule has 0 saturated carbocycles. The third-order valence-electron chi connectivity index (χ3n) is 3.30. The molecule has 3 aromatic rings. The van der Waals surface area contributed by atoms with Crippen LogP contribution in [-0.4, -0.2) is 13.9 Å². The molecule has 3 rings (SSSR count). The van der Waals surface area contributed by atoms with Crippen molar-refractivity contribution in [2.24, 2.45) is 0 Å². The first-order chi connectivity index (χ1) is 11.5. The third kappa shape index (κ3) is 4.23. The Morgan fingerprint density at radius 1 is 1.21 bits per heavy atom. The number of imidazole rings is 1. The number of hydrogen-bond donors (Lipinski definition) is 0. The maximum absolute atomic E-state index is 6.25. The molecule has 0 fully saturated rings. The van der Waals surface area contributed by atoms with Crippen molar-refractivity contribution in [2.45, 2.75) is 19.3 Å². The van der Waals surface area contributed by atoms with Crippen molar-refractivity contribution in [1.82, 2.24) is 13.9 Å². The van der Waals surface area contributed by atoms with Crippen LogP contribution in [0, 0.1) is 0 Å². The van der Waals surface area contributed by atoms with Gasteiger partial charge in [0.2, 0.25) is 0 Å². The first-order valence-electron chi connectivity index (χ1n) is 6.86. The first kappa shape index (κ1) is 18.0. The van der Waals surface area contributed by atoms with E-state index in [0.717, 1.165) is 10.4 Å². The predicted molar refractivity (Wildman–Crippen MR) is 98.4 cm³/mol. The molecule has 0 aliphatic carbocycles. The van der Waals surface area contributed by atoms with Crippen LogP contribution in [-0.2, 0) is 17.9 Å². The van der Waals surface area contributed by atoms with Crippen molar-refractivity contribution in [2.75, 3.05) is 0 Å². The van der Waals surface area contributed by atoms with Gasteiger partial charge in [-0.05, 0) is 29.2 Å². The summed E-state index contributed by atoms with van der Waals surface area (Å²) in [5.41, 5.74) is 0.837. The Balaban J connectivity index is 1.80. The fraction of sp³-hybridized carbons (Fsp3) is 0.200. The van der Waals surface area contributed by atoms with E-state index in [-0.39, 0.29) is 11.3 Å². The molecular formula is C15H11Cl4N3OS. The summed E-state index contributed by atoms with van der Waals surface area (Å²) in [6, 6.07) is 5.29. The van der Waals surface area contributed by atoms with Gasteiger partial charge in [0.25, 0.3) is 0 Å². The largest absolute Gasteiger partial charge is 0.366 e. The lowest BCUT2D eigenvalue weighted by Crippen LogP contribution is -2.11. The monoisotopic (exact) mass is 421 g/mol. The first-order valence-corrected chi connectivity index (χ1v) is 9.15. The molecule has 24 heavy (non-hydrogen) atoms. The van der Waals surface area contributed by atoms with Crippen molar-refractivity contribution in [3.8, 4) is 0 Å². The van der Waals surface area contributed by atoms with Gasteiger partial charge in [-0.1, -0.05) is 52.5 Å². The molecule has 0 radical (unpaired) electrons. The zero-order valence-corrected chi connectivity index (χ0v) is 16.0. The molecule has 126 valence electrons. The Morgan fingerprint density at radius 3 is 2.67 bits per heavy atom. The molecule has 0 amide bonds. The van der Waals surface area contributed by atoms with Crippen LogP contribution in [0.4, 0.5) is 0 Å². The molecule has 1 atom stereocenters. The van der Waals surface area contributed by atoms with E-state index in [9.17, 15) is 0 Å². The van der Waals surface area contributed by atoms with E-state index < -0.39 is 0 Å². The highest BCUT2D eigenvalue weighted by Gasteiger charge is 2.22. The van der Waals surface area contributed by atoms with Crippen LogP contribution in [0.3, 0.4) is 0 Å². The standard InChI is InChI=1S/C15H11Cl4N3OS/c16-10-2-1-9(11(17)5-10)7-23-12(6-22-4-3-20-8-22)14-13(18)15(19)21-24-14/h1-5,8,12H,6-7H2/t12-/m0/s1. The zero-order valence-electron chi connectivity index (χ0n) is 12.1. The van der Waals surface area contributed by atoms with E-state index >= 15 is 0 Å². The molecule has 1 aromatic carbocycles. The summed E-state index contributed by atoms with van der Waals surface area (Å²) < 4.78 is 12.0. The number of aromatic nitrogens is 3. The van der Waals surface area contributed by atoms with Gasteiger partial charge in [0, 0.05) is 22.4 Å². The van der Waals surface area contributed by atoms with Crippen LogP contribution in [0.1, 0.15) is 16.5 Å². The van der Waals surface area contributed by atoms with Gasteiger partial charge in [0.05, 0.1) is 29.4 Å². The second kappa shape index (κ2) is 8.04. The number of ether oxygens (including phenoxy) is 1. The number of benzene rings is 1. The number of halogens is 4. The Hall–Kier alpha value is -0.820. The fourth-order valence-corrected chi connectivity index (χ4v) is 3.85. The minimum Gasteiger partial charge on any atom is -0.366 e. The summed E-state index contributed by atoms with van der Waals surface area (Å²) in [6.07, 6.45) is 4.93. The highest BCUT2D eigenvalue weighted by molar-refractivity contribution is 7.07. The van der Waals surface area contributed by atoms with Crippen LogP contribution < -0.4 is 0 Å². The molecule has 0 saturated heterocycles. The summed E-state index contributed by atoms with van der Waals surface area (Å²) in [7, 11) is 0. The lowest BCUT2D eigenvalue weighted by molar-refractivity contribution is 0.0304. The molecule has 9 heteroatoms. The summed E-state index contributed by atoms with van der Waals surface area (Å²) in [6.45, 7) is 0.838. The normalized spacial score (nSPS) is 12.5. The lowest BCUT2D eigenvalue weighted by atomic mass is 10.2. The average Bonchev–Trinajstić information content (AvgIpc) is 3.16. The molecule has 0 N–H and O–H groups in total. The zero-order chi connectivity index (χ0) is 17.1. The topological polar surface area (TPSA) is 39.9 Å². The van der Waals surface area contributed by atoms with E-state index in [2.05, 4.69) is 9.36 Å². The van der Waals surface area contributed by atoms with E-state index in [1.54, 1.807) is 24.7 Å². The molecule has 0 bridgehead atoms. The molecule has 0 aliphatic rings. The Morgan fingerprint density at radius 2 is 2.04 bits per heavy atom. The summed E-state index contributed by atoms with van der Waals surface area (Å²) in [5, 5.41) is 1.82. The number of hydrogen-bond acceptors (Lipinski definition) is 4. The van der Waals surface area contributed by atoms with Gasteiger partial charge >= 0.3 is 0 Å². The number of rotatable bonds is 6. The van der Waals surface area contributed by atoms with Crippen LogP contribution in [0.15, 0.2) is 36.9 Å². The van der Waals surface area contributed by atoms with Crippen molar-refractivity contribution in [3.05, 3.63) is 67.6 Å². The van der Waals surface area contributed by atoms with Gasteiger partial charge in [-0.3, -0.25) is 0 Å². The fourth-order valence-electron chi connectivity index (χ4n) is 2.10. The van der Waals surface area contributed by atoms with Crippen LogP contribution in [0.2, 0.25) is 20.2 Å². The summed E-state index contributed by atoms with van der Waals surface area (Å²) in [5.74, 6) is 0. The van der Waals surface area contributed by atoms with Gasteiger partial charge in [0.15, 0.2) is 5.15 Å². The van der Waals surface area contributed by atoms with Gasteiger partial charge in [-0.15, -0.1) is 0 Å². The van der Waals surface area contributed by atoms with E-state index in [1.807, 2.05) is 16.8 Å². The van der Waals surface area contributed by atoms with Crippen molar-refractivity contribution >= 4 is 57.9 Å². The summed E-state index contributed by atoms with van der Waals surface area (Å²) >= 11 is 25.6. The Bertz CT molecular complexity index is 822. The van der Waals surface area contributed by atoms with Crippen LogP contribution in [0.5, 0.6) is 0 Å². The van der Waals surface area contributed by atoms with E-state index in [0.29, 0.717) is 28.2 Å². The molecular weight excluding hydrogens is 412 g/mol. The quantitative estimate of drug-likeness (QED) is 0.495. The number of nitrogens with zero attached hydrogens (tertiary/aromatic N) is 3. The van der Waals surface area contributed by atoms with E-state index in [4.69, 9.17) is 51.1 Å². The second-order valence-corrected chi connectivity index (χ2v) is 7.33. The van der Waals surface area contributed by atoms with Gasteiger partial charge < -0.3 is 9.30 Å². The predicted octanol–water partition coefficient (Wildman–Crippen LogP) is 5.91. The average molecular weight is 423 g/mol. The van der Waals surface area contributed by atoms with Crippen molar-refractivity contribution in [1.29, 1.82) is 0 Å². The van der Waals surface area contributed by atoms with Gasteiger partial charge in [0.1, 0.15) is 6.10 Å².